The molecule has 2 N–H and O–H groups in total. The van der Waals surface area contributed by atoms with E-state index in [0.717, 1.165) is 0 Å². The Morgan fingerprint density at radius 3 is 2.15 bits per heavy atom. The lowest BCUT2D eigenvalue weighted by atomic mass is 10.4. The number of ether oxygens (including phenoxy) is 3. The molecular formula is C8H18O5. The van der Waals surface area contributed by atoms with E-state index in [1.165, 1.54) is 0 Å². The van der Waals surface area contributed by atoms with Gasteiger partial charge in [0.05, 0.1) is 39.6 Å². The van der Waals surface area contributed by atoms with Crippen LogP contribution in [0.4, 0.5) is 0 Å². The van der Waals surface area contributed by atoms with Crippen LogP contribution >= 0.6 is 0 Å². The highest BCUT2D eigenvalue weighted by Crippen LogP contribution is 1.89. The van der Waals surface area contributed by atoms with Crippen molar-refractivity contribution in [1.29, 1.82) is 0 Å². The molecule has 0 aliphatic carbocycles. The highest BCUT2D eigenvalue weighted by molar-refractivity contribution is 4.50. The van der Waals surface area contributed by atoms with Gasteiger partial charge in [0, 0.05) is 7.11 Å². The summed E-state index contributed by atoms with van der Waals surface area (Å²) in [5, 5.41) is 17.2. The van der Waals surface area contributed by atoms with E-state index < -0.39 is 6.10 Å². The zero-order valence-corrected chi connectivity index (χ0v) is 7.94. The molecule has 0 aromatic rings. The summed E-state index contributed by atoms with van der Waals surface area (Å²) in [5.41, 5.74) is 0. The van der Waals surface area contributed by atoms with E-state index in [9.17, 15) is 0 Å². The topological polar surface area (TPSA) is 68.2 Å². The van der Waals surface area contributed by atoms with Gasteiger partial charge in [-0.2, -0.15) is 0 Å². The lowest BCUT2D eigenvalue weighted by molar-refractivity contribution is -0.0460. The molecular weight excluding hydrogens is 176 g/mol. The van der Waals surface area contributed by atoms with Gasteiger partial charge in [-0.15, -0.1) is 0 Å². The lowest BCUT2D eigenvalue weighted by Crippen LogP contribution is -2.24. The summed E-state index contributed by atoms with van der Waals surface area (Å²) in [7, 11) is 1.60. The van der Waals surface area contributed by atoms with Crippen molar-refractivity contribution in [2.75, 3.05) is 46.8 Å². The minimum absolute atomic E-state index is 0.172. The van der Waals surface area contributed by atoms with Crippen molar-refractivity contribution in [3.63, 3.8) is 0 Å². The maximum absolute atomic E-state index is 8.62. The van der Waals surface area contributed by atoms with Crippen LogP contribution < -0.4 is 0 Å². The second-order valence-corrected chi connectivity index (χ2v) is 2.46. The van der Waals surface area contributed by atoms with Crippen molar-refractivity contribution in [1.82, 2.24) is 0 Å². The van der Waals surface area contributed by atoms with Crippen molar-refractivity contribution in [2.45, 2.75) is 6.10 Å². The minimum atomic E-state index is -0.494. The molecule has 0 spiro atoms. The first-order chi connectivity index (χ1) is 6.35. The fraction of sp³-hybridized carbons (Fsp3) is 1.00. The molecule has 0 aliphatic rings. The van der Waals surface area contributed by atoms with Crippen LogP contribution in [0.5, 0.6) is 0 Å². The summed E-state index contributed by atoms with van der Waals surface area (Å²) in [6.07, 6.45) is -0.494. The Morgan fingerprint density at radius 2 is 1.62 bits per heavy atom. The number of hydrogen-bond donors (Lipinski definition) is 2. The van der Waals surface area contributed by atoms with E-state index in [0.29, 0.717) is 26.4 Å². The van der Waals surface area contributed by atoms with Crippen LogP contribution in [-0.4, -0.2) is 63.1 Å². The number of methoxy groups -OCH3 is 1. The van der Waals surface area contributed by atoms with E-state index in [1.54, 1.807) is 7.11 Å². The van der Waals surface area contributed by atoms with E-state index in [1.807, 2.05) is 0 Å². The van der Waals surface area contributed by atoms with Crippen LogP contribution in [0.1, 0.15) is 0 Å². The molecule has 5 heteroatoms. The molecule has 0 bridgehead atoms. The average molecular weight is 194 g/mol. The van der Waals surface area contributed by atoms with Crippen molar-refractivity contribution in [3.05, 3.63) is 0 Å². The van der Waals surface area contributed by atoms with Crippen LogP contribution in [0.25, 0.3) is 0 Å². The van der Waals surface area contributed by atoms with Crippen LogP contribution in [0, 0.1) is 0 Å². The number of aliphatic hydroxyl groups excluding tert-OH is 2. The standard InChI is InChI=1S/C8H18O5/c1-11-2-3-12-4-5-13-8(6-9)7-10/h8-10H,2-7H2,1H3. The summed E-state index contributed by atoms with van der Waals surface area (Å²) in [4.78, 5) is 0. The second-order valence-electron chi connectivity index (χ2n) is 2.46. The smallest absolute Gasteiger partial charge is 0.104 e. The van der Waals surface area contributed by atoms with Gasteiger partial charge in [-0.05, 0) is 0 Å². The fourth-order valence-corrected chi connectivity index (χ4v) is 0.681. The molecule has 13 heavy (non-hydrogen) atoms. The molecule has 0 rings (SSSR count). The predicted molar refractivity (Wildman–Crippen MR) is 46.6 cm³/mol. The molecule has 0 unspecified atom stereocenters. The van der Waals surface area contributed by atoms with E-state index >= 15 is 0 Å². The van der Waals surface area contributed by atoms with Crippen LogP contribution in [0.3, 0.4) is 0 Å². The summed E-state index contributed by atoms with van der Waals surface area (Å²) in [6.45, 7) is 1.56. The average Bonchev–Trinajstić information content (AvgIpc) is 2.17. The number of hydrogen-bond acceptors (Lipinski definition) is 5. The molecule has 0 fully saturated rings. The molecule has 0 atom stereocenters. The third-order valence-electron chi connectivity index (χ3n) is 1.42. The van der Waals surface area contributed by atoms with Gasteiger partial charge < -0.3 is 24.4 Å². The Hall–Kier alpha value is -0.200. The molecule has 0 aromatic carbocycles. The first kappa shape index (κ1) is 12.8. The van der Waals surface area contributed by atoms with Gasteiger partial charge >= 0.3 is 0 Å². The summed E-state index contributed by atoms with van der Waals surface area (Å²) in [5.74, 6) is 0. The SMILES string of the molecule is COCCOCCOC(CO)CO. The molecule has 80 valence electrons. The molecule has 0 aromatic heterocycles. The Morgan fingerprint density at radius 1 is 1.00 bits per heavy atom. The number of aliphatic hydroxyl groups is 2. The Labute approximate surface area is 78.2 Å². The zero-order valence-electron chi connectivity index (χ0n) is 7.94. The fourth-order valence-electron chi connectivity index (χ4n) is 0.681. The van der Waals surface area contributed by atoms with Crippen molar-refractivity contribution in [2.24, 2.45) is 0 Å². The van der Waals surface area contributed by atoms with Gasteiger partial charge in [0.2, 0.25) is 0 Å². The van der Waals surface area contributed by atoms with E-state index in [-0.39, 0.29) is 13.2 Å². The van der Waals surface area contributed by atoms with Crippen molar-refractivity contribution < 1.29 is 24.4 Å². The van der Waals surface area contributed by atoms with Gasteiger partial charge in [0.1, 0.15) is 6.10 Å². The Bertz CT molecular complexity index is 94.5. The van der Waals surface area contributed by atoms with Crippen molar-refractivity contribution in [3.8, 4) is 0 Å². The molecule has 0 amide bonds. The van der Waals surface area contributed by atoms with Crippen LogP contribution in [0.2, 0.25) is 0 Å². The summed E-state index contributed by atoms with van der Waals surface area (Å²) >= 11 is 0. The lowest BCUT2D eigenvalue weighted by Gasteiger charge is -2.12. The molecule has 0 saturated carbocycles. The van der Waals surface area contributed by atoms with Crippen LogP contribution in [0.15, 0.2) is 0 Å². The van der Waals surface area contributed by atoms with Crippen LogP contribution in [-0.2, 0) is 14.2 Å². The first-order valence-corrected chi connectivity index (χ1v) is 4.25. The Balaban J connectivity index is 3.05. The predicted octanol–water partition coefficient (Wildman–Crippen LogP) is -0.981. The quantitative estimate of drug-likeness (QED) is 0.462. The van der Waals surface area contributed by atoms with E-state index in [4.69, 9.17) is 24.4 Å². The molecule has 5 nitrogen and oxygen atoms in total. The minimum Gasteiger partial charge on any atom is -0.394 e. The zero-order chi connectivity index (χ0) is 9.94. The Kier molecular flexibility index (Phi) is 9.73. The third-order valence-corrected chi connectivity index (χ3v) is 1.42. The van der Waals surface area contributed by atoms with Gasteiger partial charge in [0.25, 0.3) is 0 Å². The van der Waals surface area contributed by atoms with E-state index in [2.05, 4.69) is 0 Å². The molecule has 0 aliphatic heterocycles. The maximum Gasteiger partial charge on any atom is 0.104 e. The summed E-state index contributed by atoms with van der Waals surface area (Å²) in [6, 6.07) is 0. The van der Waals surface area contributed by atoms with Gasteiger partial charge in [-0.1, -0.05) is 0 Å². The molecule has 0 heterocycles. The van der Waals surface area contributed by atoms with Gasteiger partial charge in [-0.3, -0.25) is 0 Å². The van der Waals surface area contributed by atoms with Gasteiger partial charge in [0.15, 0.2) is 0 Å². The van der Waals surface area contributed by atoms with Crippen molar-refractivity contribution >= 4 is 0 Å². The monoisotopic (exact) mass is 194 g/mol. The maximum atomic E-state index is 8.62. The third kappa shape index (κ3) is 8.14. The second kappa shape index (κ2) is 9.88. The number of rotatable bonds is 9. The first-order valence-electron chi connectivity index (χ1n) is 4.25. The summed E-state index contributed by atoms with van der Waals surface area (Å²) < 4.78 is 14.9. The largest absolute Gasteiger partial charge is 0.394 e. The highest BCUT2D eigenvalue weighted by Gasteiger charge is 2.04. The molecule has 0 radical (unpaired) electrons. The molecule has 0 saturated heterocycles. The normalized spacial score (nSPS) is 11.1. The highest BCUT2D eigenvalue weighted by atomic mass is 16.5. The van der Waals surface area contributed by atoms with Gasteiger partial charge in [-0.25, -0.2) is 0 Å².